The number of nitrogens with zero attached hydrogens (tertiary/aromatic N) is 3. The van der Waals surface area contributed by atoms with E-state index in [4.69, 9.17) is 4.74 Å². The molecular weight excluding hydrogens is 396 g/mol. The third-order valence-corrected chi connectivity index (χ3v) is 6.64. The first kappa shape index (κ1) is 21.0. The number of rotatable bonds is 5. The van der Waals surface area contributed by atoms with Crippen molar-refractivity contribution >= 4 is 16.1 Å². The molecule has 1 aliphatic rings. The van der Waals surface area contributed by atoms with Crippen LogP contribution in [-0.2, 0) is 21.2 Å². The number of aromatic amines is 1. The highest BCUT2D eigenvalue weighted by molar-refractivity contribution is 7.89. The highest BCUT2D eigenvalue weighted by Gasteiger charge is 2.30. The van der Waals surface area contributed by atoms with Gasteiger partial charge in [-0.25, -0.2) is 18.3 Å². The Morgan fingerprint density at radius 3 is 2.45 bits per heavy atom. The molecule has 1 fully saturated rings. The largest absolute Gasteiger partial charge is 0.450 e. The Labute approximate surface area is 169 Å². The zero-order valence-corrected chi connectivity index (χ0v) is 17.2. The maximum atomic E-state index is 12.9. The number of amides is 1. The van der Waals surface area contributed by atoms with Gasteiger partial charge in [-0.15, -0.1) is 0 Å². The van der Waals surface area contributed by atoms with Crippen LogP contribution in [0.5, 0.6) is 0 Å². The third-order valence-electron chi connectivity index (χ3n) is 4.73. The van der Waals surface area contributed by atoms with Crippen LogP contribution < -0.4 is 5.56 Å². The van der Waals surface area contributed by atoms with Crippen molar-refractivity contribution in [1.82, 2.24) is 19.4 Å². The summed E-state index contributed by atoms with van der Waals surface area (Å²) < 4.78 is 32.1. The van der Waals surface area contributed by atoms with E-state index in [0.717, 1.165) is 5.56 Å². The molecular formula is C19H24N4O5S. The smallest absolute Gasteiger partial charge is 0.409 e. The van der Waals surface area contributed by atoms with Crippen molar-refractivity contribution < 1.29 is 17.9 Å². The number of ether oxygens (including phenoxy) is 1. The molecule has 0 radical (unpaired) electrons. The molecule has 2 heterocycles. The van der Waals surface area contributed by atoms with Gasteiger partial charge < -0.3 is 9.64 Å². The van der Waals surface area contributed by atoms with Crippen LogP contribution in [0.3, 0.4) is 0 Å². The maximum absolute atomic E-state index is 12.9. The molecule has 29 heavy (non-hydrogen) atoms. The first-order chi connectivity index (χ1) is 13.8. The fraction of sp³-hybridized carbons (Fsp3) is 0.421. The first-order valence-electron chi connectivity index (χ1n) is 9.37. The molecule has 3 rings (SSSR count). The lowest BCUT2D eigenvalue weighted by Crippen LogP contribution is -2.50. The van der Waals surface area contributed by atoms with Gasteiger partial charge in [0.15, 0.2) is 0 Å². The van der Waals surface area contributed by atoms with Gasteiger partial charge >= 0.3 is 6.09 Å². The van der Waals surface area contributed by atoms with Gasteiger partial charge in [-0.05, 0) is 37.6 Å². The second-order valence-corrected chi connectivity index (χ2v) is 8.71. The van der Waals surface area contributed by atoms with Crippen LogP contribution in [0.15, 0.2) is 40.0 Å². The van der Waals surface area contributed by atoms with Crippen molar-refractivity contribution in [2.24, 2.45) is 0 Å². The Morgan fingerprint density at radius 1 is 1.17 bits per heavy atom. The maximum Gasteiger partial charge on any atom is 0.409 e. The lowest BCUT2D eigenvalue weighted by Gasteiger charge is -2.33. The molecule has 0 unspecified atom stereocenters. The number of nitrogens with one attached hydrogen (secondary N) is 1. The van der Waals surface area contributed by atoms with Gasteiger partial charge in [0.1, 0.15) is 0 Å². The molecule has 1 aromatic carbocycles. The minimum absolute atomic E-state index is 0.186. The molecule has 2 aromatic rings. The summed E-state index contributed by atoms with van der Waals surface area (Å²) in [6.07, 6.45) is -0.0349. The van der Waals surface area contributed by atoms with E-state index in [1.165, 1.54) is 9.21 Å². The summed E-state index contributed by atoms with van der Waals surface area (Å²) in [5.41, 5.74) is 1.85. The zero-order chi connectivity index (χ0) is 21.0. The number of hydrogen-bond donors (Lipinski definition) is 1. The van der Waals surface area contributed by atoms with Crippen molar-refractivity contribution in [2.75, 3.05) is 32.8 Å². The molecule has 1 aromatic heterocycles. The number of aromatic nitrogens is 2. The lowest BCUT2D eigenvalue weighted by molar-refractivity contribution is 0.0934. The van der Waals surface area contributed by atoms with Gasteiger partial charge in [0, 0.05) is 38.2 Å². The fourth-order valence-corrected chi connectivity index (χ4v) is 4.59. The topological polar surface area (TPSA) is 113 Å². The summed E-state index contributed by atoms with van der Waals surface area (Å²) in [6, 6.07) is 8.22. The number of benzene rings is 1. The van der Waals surface area contributed by atoms with Crippen molar-refractivity contribution in [1.29, 1.82) is 0 Å². The van der Waals surface area contributed by atoms with Crippen LogP contribution in [0.1, 0.15) is 23.7 Å². The number of carbonyl (C=O) groups excluding carboxylic acids is 1. The molecule has 0 spiro atoms. The van der Waals surface area contributed by atoms with E-state index in [1.807, 2.05) is 0 Å². The van der Waals surface area contributed by atoms with Gasteiger partial charge in [0.2, 0.25) is 10.0 Å². The van der Waals surface area contributed by atoms with Crippen molar-refractivity contribution in [2.45, 2.75) is 25.2 Å². The summed E-state index contributed by atoms with van der Waals surface area (Å²) in [4.78, 5) is 25.3. The third kappa shape index (κ3) is 4.83. The van der Waals surface area contributed by atoms with E-state index in [2.05, 4.69) is 10.2 Å². The molecule has 0 saturated carbocycles. The molecule has 0 aliphatic carbocycles. The van der Waals surface area contributed by atoms with E-state index in [-0.39, 0.29) is 30.2 Å². The van der Waals surface area contributed by atoms with Crippen molar-refractivity contribution in [3.05, 3.63) is 57.5 Å². The number of H-pyrrole nitrogens is 1. The normalized spacial score (nSPS) is 15.3. The van der Waals surface area contributed by atoms with E-state index in [9.17, 15) is 18.0 Å². The van der Waals surface area contributed by atoms with Crippen molar-refractivity contribution in [3.8, 4) is 0 Å². The van der Waals surface area contributed by atoms with Crippen LogP contribution in [0.4, 0.5) is 4.79 Å². The van der Waals surface area contributed by atoms with E-state index >= 15 is 0 Å². The minimum Gasteiger partial charge on any atom is -0.450 e. The number of hydrogen-bond acceptors (Lipinski definition) is 6. The Morgan fingerprint density at radius 2 is 1.83 bits per heavy atom. The number of sulfonamides is 1. The van der Waals surface area contributed by atoms with Crippen LogP contribution in [0.25, 0.3) is 0 Å². The molecule has 1 N–H and O–H groups in total. The molecule has 1 amide bonds. The van der Waals surface area contributed by atoms with Gasteiger partial charge in [-0.2, -0.15) is 9.40 Å². The molecule has 9 nitrogen and oxygen atoms in total. The van der Waals surface area contributed by atoms with E-state index in [1.54, 1.807) is 44.2 Å². The van der Waals surface area contributed by atoms with Gasteiger partial charge in [-0.1, -0.05) is 12.1 Å². The average molecular weight is 420 g/mol. The summed E-state index contributed by atoms with van der Waals surface area (Å²) >= 11 is 0. The zero-order valence-electron chi connectivity index (χ0n) is 16.4. The summed E-state index contributed by atoms with van der Waals surface area (Å²) in [6.45, 7) is 4.82. The van der Waals surface area contributed by atoms with Gasteiger partial charge in [-0.3, -0.25) is 4.79 Å². The standard InChI is InChI=1S/C19H24N4O5S/c1-3-28-19(25)22-8-10-23(11-9-22)29(26,27)17-6-4-15(5-7-17)13-16-12-14(2)20-21-18(16)24/h4-7,12H,3,8-11,13H2,1-2H3,(H,21,24). The minimum atomic E-state index is -3.65. The van der Waals surface area contributed by atoms with Crippen LogP contribution in [-0.4, -0.2) is 66.7 Å². The average Bonchev–Trinajstić information content (AvgIpc) is 2.71. The van der Waals surface area contributed by atoms with Crippen molar-refractivity contribution in [3.63, 3.8) is 0 Å². The first-order valence-corrected chi connectivity index (χ1v) is 10.8. The second kappa shape index (κ2) is 8.75. The Bertz CT molecular complexity index is 1030. The van der Waals surface area contributed by atoms with Crippen LogP contribution in [0, 0.1) is 6.92 Å². The monoisotopic (exact) mass is 420 g/mol. The number of carbonyl (C=O) groups is 1. The summed E-state index contributed by atoms with van der Waals surface area (Å²) in [5.74, 6) is 0. The van der Waals surface area contributed by atoms with E-state index < -0.39 is 16.1 Å². The quantitative estimate of drug-likeness (QED) is 0.776. The molecule has 0 bridgehead atoms. The van der Waals surface area contributed by atoms with Gasteiger partial charge in [0.25, 0.3) is 5.56 Å². The lowest BCUT2D eigenvalue weighted by atomic mass is 10.1. The highest BCUT2D eigenvalue weighted by Crippen LogP contribution is 2.19. The van der Waals surface area contributed by atoms with Gasteiger partial charge in [0.05, 0.1) is 17.2 Å². The molecule has 10 heteroatoms. The number of aryl methyl sites for hydroxylation is 1. The highest BCUT2D eigenvalue weighted by atomic mass is 32.2. The SMILES string of the molecule is CCOC(=O)N1CCN(S(=O)(=O)c2ccc(Cc3cc(C)n[nH]c3=O)cc2)CC1. The molecule has 1 saturated heterocycles. The molecule has 1 aliphatic heterocycles. The van der Waals surface area contributed by atoms with E-state index in [0.29, 0.717) is 30.8 Å². The summed E-state index contributed by atoms with van der Waals surface area (Å²) in [7, 11) is -3.65. The summed E-state index contributed by atoms with van der Waals surface area (Å²) in [5, 5.41) is 6.29. The number of piperazine rings is 1. The Balaban J connectivity index is 1.68. The predicted octanol–water partition coefficient (Wildman–Crippen LogP) is 1.13. The fourth-order valence-electron chi connectivity index (χ4n) is 3.17. The van der Waals surface area contributed by atoms with Crippen LogP contribution in [0.2, 0.25) is 0 Å². The van der Waals surface area contributed by atoms with Crippen LogP contribution >= 0.6 is 0 Å². The Hall–Kier alpha value is -2.72. The predicted molar refractivity (Wildman–Crippen MR) is 106 cm³/mol. The molecule has 156 valence electrons. The molecule has 0 atom stereocenters. The Kier molecular flexibility index (Phi) is 6.33. The second-order valence-electron chi connectivity index (χ2n) is 6.77.